The second-order valence-electron chi connectivity index (χ2n) is 13.6. The molecule has 0 bridgehead atoms. The lowest BCUT2D eigenvalue weighted by molar-refractivity contribution is -0.142. The Bertz CT molecular complexity index is 1540. The molecule has 2 atom stereocenters. The summed E-state index contributed by atoms with van der Waals surface area (Å²) >= 11 is 0. The molecule has 0 saturated carbocycles. The number of anilines is 1. The van der Waals surface area contributed by atoms with Crippen molar-refractivity contribution in [2.45, 2.75) is 70.8 Å². The van der Waals surface area contributed by atoms with E-state index in [0.717, 1.165) is 85.4 Å². The smallest absolute Gasteiger partial charge is 0.416 e. The minimum atomic E-state index is -0.595. The van der Waals surface area contributed by atoms with Gasteiger partial charge < -0.3 is 19.7 Å². The maximum absolute atomic E-state index is 13.3. The number of hydrogen-bond acceptors (Lipinski definition) is 7. The van der Waals surface area contributed by atoms with Gasteiger partial charge in [0.25, 0.3) is 0 Å². The fraction of sp³-hybridized carbons (Fsp3) is 0.474. The van der Waals surface area contributed by atoms with Crippen molar-refractivity contribution >= 4 is 23.8 Å². The summed E-state index contributed by atoms with van der Waals surface area (Å²) in [5.41, 5.74) is 4.36. The van der Waals surface area contributed by atoms with Crippen LogP contribution in [0.1, 0.15) is 69.2 Å². The molecule has 9 nitrogen and oxygen atoms in total. The van der Waals surface area contributed by atoms with Crippen LogP contribution in [0.15, 0.2) is 66.7 Å². The minimum absolute atomic E-state index is 0.0265. The molecule has 3 aromatic rings. The molecule has 2 aromatic carbocycles. The molecule has 1 aromatic heterocycles. The maximum Gasteiger partial charge on any atom is 0.416 e. The van der Waals surface area contributed by atoms with Crippen molar-refractivity contribution in [2.24, 2.45) is 5.92 Å². The summed E-state index contributed by atoms with van der Waals surface area (Å²) in [4.78, 5) is 47.9. The molecule has 0 spiro atoms. The van der Waals surface area contributed by atoms with Gasteiger partial charge in [-0.2, -0.15) is 0 Å². The van der Waals surface area contributed by atoms with Crippen molar-refractivity contribution in [3.63, 3.8) is 0 Å². The highest BCUT2D eigenvalue weighted by molar-refractivity contribution is 5.88. The minimum Gasteiger partial charge on any atom is -0.468 e. The average Bonchev–Trinajstić information content (AvgIpc) is 3.07. The Labute approximate surface area is 278 Å². The molecule has 2 amide bonds. The van der Waals surface area contributed by atoms with E-state index in [4.69, 9.17) is 14.5 Å². The number of carbonyl (C=O) groups is 3. The zero-order chi connectivity index (χ0) is 33.4. The molecule has 3 heterocycles. The van der Waals surface area contributed by atoms with Gasteiger partial charge in [-0.3, -0.25) is 14.5 Å². The SMILES string of the molecule is COC(=O)C(CNC(=O)[C@@H]1CCCN(CCCc2ccc3c(n2)N(C(=O)OC(C)(C)C)CCC3)C1)c1cccc(-c2ccccc2)c1. The second kappa shape index (κ2) is 15.6. The van der Waals surface area contributed by atoms with E-state index in [1.807, 2.05) is 75.4 Å². The number of aromatic nitrogens is 1. The predicted octanol–water partition coefficient (Wildman–Crippen LogP) is 6.15. The van der Waals surface area contributed by atoms with Gasteiger partial charge >= 0.3 is 12.1 Å². The van der Waals surface area contributed by atoms with Crippen molar-refractivity contribution in [1.82, 2.24) is 15.2 Å². The fourth-order valence-corrected chi connectivity index (χ4v) is 6.46. The summed E-state index contributed by atoms with van der Waals surface area (Å²) in [6.07, 6.45) is 4.89. The quantitative estimate of drug-likeness (QED) is 0.265. The molecule has 47 heavy (non-hydrogen) atoms. The van der Waals surface area contributed by atoms with Crippen LogP contribution in [0.3, 0.4) is 0 Å². The van der Waals surface area contributed by atoms with E-state index in [9.17, 15) is 14.4 Å². The van der Waals surface area contributed by atoms with E-state index in [1.165, 1.54) is 7.11 Å². The molecule has 0 aliphatic carbocycles. The standard InChI is InChI=1S/C38H48N4O5/c1-38(2,3)47-37(45)42-23-10-16-28-19-20-32(40-34(28)42)18-11-22-41-21-9-17-31(26-41)35(43)39-25-33(36(44)46-4)30-15-8-14-29(24-30)27-12-6-5-7-13-27/h5-8,12-15,19-20,24,31,33H,9-11,16-18,21-23,25-26H2,1-4H3,(H,39,43)/t31-,33?/m1/s1. The summed E-state index contributed by atoms with van der Waals surface area (Å²) in [6.45, 7) is 8.90. The number of carbonyl (C=O) groups excluding carboxylic acids is 3. The first-order chi connectivity index (χ1) is 22.6. The average molecular weight is 641 g/mol. The molecule has 250 valence electrons. The Morgan fingerprint density at radius 1 is 0.979 bits per heavy atom. The lowest BCUT2D eigenvalue weighted by Gasteiger charge is -2.32. The molecule has 2 aliphatic rings. The third-order valence-corrected chi connectivity index (χ3v) is 8.86. The van der Waals surface area contributed by atoms with E-state index in [0.29, 0.717) is 13.1 Å². The first-order valence-electron chi connectivity index (χ1n) is 16.8. The van der Waals surface area contributed by atoms with E-state index < -0.39 is 11.5 Å². The van der Waals surface area contributed by atoms with Crippen molar-refractivity contribution in [2.75, 3.05) is 44.7 Å². The molecule has 1 fully saturated rings. The lowest BCUT2D eigenvalue weighted by Crippen LogP contribution is -2.44. The molecule has 1 unspecified atom stereocenters. The molecule has 5 rings (SSSR count). The fourth-order valence-electron chi connectivity index (χ4n) is 6.46. The summed E-state index contributed by atoms with van der Waals surface area (Å²) in [6, 6.07) is 22.0. The van der Waals surface area contributed by atoms with Crippen LogP contribution >= 0.6 is 0 Å². The van der Waals surface area contributed by atoms with Gasteiger partial charge in [-0.15, -0.1) is 0 Å². The number of esters is 1. The van der Waals surface area contributed by atoms with Gasteiger partial charge in [-0.1, -0.05) is 60.7 Å². The zero-order valence-corrected chi connectivity index (χ0v) is 28.2. The Balaban J connectivity index is 1.14. The Kier molecular flexibility index (Phi) is 11.3. The second-order valence-corrected chi connectivity index (χ2v) is 13.6. The number of hydrogen-bond donors (Lipinski definition) is 1. The van der Waals surface area contributed by atoms with Gasteiger partial charge in [0.1, 0.15) is 11.4 Å². The molecule has 1 saturated heterocycles. The third-order valence-electron chi connectivity index (χ3n) is 8.86. The summed E-state index contributed by atoms with van der Waals surface area (Å²) < 4.78 is 10.8. The lowest BCUT2D eigenvalue weighted by atomic mass is 9.93. The summed E-state index contributed by atoms with van der Waals surface area (Å²) in [7, 11) is 1.38. The monoisotopic (exact) mass is 640 g/mol. The van der Waals surface area contributed by atoms with Crippen molar-refractivity contribution in [3.05, 3.63) is 83.6 Å². The van der Waals surface area contributed by atoms with E-state index in [1.54, 1.807) is 4.90 Å². The van der Waals surface area contributed by atoms with E-state index in [-0.39, 0.29) is 30.4 Å². The van der Waals surface area contributed by atoms with Gasteiger partial charge in [0.2, 0.25) is 5.91 Å². The van der Waals surface area contributed by atoms with Crippen LogP contribution in [0.5, 0.6) is 0 Å². The van der Waals surface area contributed by atoms with Crippen LogP contribution in [0.2, 0.25) is 0 Å². The number of benzene rings is 2. The number of pyridine rings is 1. The number of nitrogens with one attached hydrogen (secondary N) is 1. The van der Waals surface area contributed by atoms with Crippen molar-refractivity contribution < 1.29 is 23.9 Å². The molecule has 0 radical (unpaired) electrons. The number of likely N-dealkylation sites (tertiary alicyclic amines) is 1. The number of piperidine rings is 1. The normalized spacial score (nSPS) is 17.4. The van der Waals surface area contributed by atoms with Crippen molar-refractivity contribution in [1.29, 1.82) is 0 Å². The maximum atomic E-state index is 13.3. The van der Waals surface area contributed by atoms with E-state index >= 15 is 0 Å². The highest BCUT2D eigenvalue weighted by Gasteiger charge is 2.30. The van der Waals surface area contributed by atoms with Gasteiger partial charge in [-0.05, 0) is 101 Å². The molecule has 2 aliphatic heterocycles. The highest BCUT2D eigenvalue weighted by atomic mass is 16.6. The van der Waals surface area contributed by atoms with Crippen LogP contribution in [0.25, 0.3) is 11.1 Å². The van der Waals surface area contributed by atoms with Crippen molar-refractivity contribution in [3.8, 4) is 11.1 Å². The number of nitrogens with zero attached hydrogens (tertiary/aromatic N) is 3. The molecule has 9 heteroatoms. The van der Waals surface area contributed by atoms with Gasteiger partial charge in [-0.25, -0.2) is 9.78 Å². The number of amides is 2. The third kappa shape index (κ3) is 9.19. The van der Waals surface area contributed by atoms with Crippen LogP contribution in [-0.2, 0) is 31.9 Å². The number of rotatable bonds is 10. The topological polar surface area (TPSA) is 101 Å². The Morgan fingerprint density at radius 2 is 1.77 bits per heavy atom. The van der Waals surface area contributed by atoms with Crippen LogP contribution < -0.4 is 10.2 Å². The number of ether oxygens (including phenoxy) is 2. The van der Waals surface area contributed by atoms with Crippen LogP contribution in [-0.4, -0.2) is 73.3 Å². The van der Waals surface area contributed by atoms with Gasteiger partial charge in [0, 0.05) is 25.3 Å². The van der Waals surface area contributed by atoms with Gasteiger partial charge in [0.05, 0.1) is 18.9 Å². The summed E-state index contributed by atoms with van der Waals surface area (Å²) in [5, 5.41) is 3.07. The first kappa shape index (κ1) is 34.1. The van der Waals surface area contributed by atoms with Crippen LogP contribution in [0.4, 0.5) is 10.6 Å². The Hall–Kier alpha value is -4.24. The predicted molar refractivity (Wildman–Crippen MR) is 183 cm³/mol. The number of aryl methyl sites for hydroxylation is 2. The zero-order valence-electron chi connectivity index (χ0n) is 28.2. The van der Waals surface area contributed by atoms with Gasteiger partial charge in [0.15, 0.2) is 0 Å². The number of methoxy groups -OCH3 is 1. The van der Waals surface area contributed by atoms with E-state index in [2.05, 4.69) is 22.3 Å². The highest BCUT2D eigenvalue weighted by Crippen LogP contribution is 2.28. The van der Waals surface area contributed by atoms with Crippen LogP contribution in [0, 0.1) is 5.92 Å². The summed E-state index contributed by atoms with van der Waals surface area (Å²) in [5.74, 6) is -0.411. The molecule has 1 N–H and O–H groups in total. The number of fused-ring (bicyclic) bond motifs is 1. The largest absolute Gasteiger partial charge is 0.468 e. The molecular weight excluding hydrogens is 592 g/mol. The first-order valence-corrected chi connectivity index (χ1v) is 16.8. The Morgan fingerprint density at radius 3 is 2.53 bits per heavy atom. The molecular formula is C38H48N4O5.